The highest BCUT2D eigenvalue weighted by Crippen LogP contribution is 2.35. The van der Waals surface area contributed by atoms with E-state index in [1.165, 1.54) is 12.3 Å². The van der Waals surface area contributed by atoms with Crippen LogP contribution in [0.2, 0.25) is 0 Å². The Morgan fingerprint density at radius 2 is 1.81 bits per heavy atom. The molecule has 1 aromatic carbocycles. The number of carbonyl (C=O) groups excluding carboxylic acids is 2. The first-order chi connectivity index (χ1) is 20.4. The predicted octanol–water partition coefficient (Wildman–Crippen LogP) is 5.42. The van der Waals surface area contributed by atoms with E-state index in [2.05, 4.69) is 4.98 Å². The zero-order valence-electron chi connectivity index (χ0n) is 25.5. The van der Waals surface area contributed by atoms with Gasteiger partial charge in [0.15, 0.2) is 6.23 Å². The van der Waals surface area contributed by atoms with Crippen molar-refractivity contribution in [3.05, 3.63) is 79.2 Å². The van der Waals surface area contributed by atoms with Crippen molar-refractivity contribution in [2.75, 3.05) is 32.6 Å². The van der Waals surface area contributed by atoms with Gasteiger partial charge in [-0.15, -0.1) is 0 Å². The van der Waals surface area contributed by atoms with E-state index in [0.29, 0.717) is 29.7 Å². The van der Waals surface area contributed by atoms with Gasteiger partial charge in [-0.2, -0.15) is 4.39 Å². The summed E-state index contributed by atoms with van der Waals surface area (Å²) in [5, 5.41) is 0.735. The lowest BCUT2D eigenvalue weighted by molar-refractivity contribution is -0.154. The molecule has 1 unspecified atom stereocenters. The molecule has 1 amide bonds. The number of aromatic nitrogens is 3. The van der Waals surface area contributed by atoms with Crippen LogP contribution >= 0.6 is 0 Å². The van der Waals surface area contributed by atoms with Gasteiger partial charge in [-0.05, 0) is 68.8 Å². The molecule has 2 atom stereocenters. The summed E-state index contributed by atoms with van der Waals surface area (Å²) in [7, 11) is 5.61. The second kappa shape index (κ2) is 13.7. The predicted molar refractivity (Wildman–Crippen MR) is 168 cm³/mol. The molecule has 2 N–H and O–H groups in total. The summed E-state index contributed by atoms with van der Waals surface area (Å²) in [4.78, 5) is 37.4. The van der Waals surface area contributed by atoms with Gasteiger partial charge in [0.05, 0.1) is 0 Å². The zero-order chi connectivity index (χ0) is 31.3. The van der Waals surface area contributed by atoms with Crippen molar-refractivity contribution < 1.29 is 18.7 Å². The second-order valence-electron chi connectivity index (χ2n) is 11.3. The normalized spacial score (nSPS) is 13.2. The summed E-state index contributed by atoms with van der Waals surface area (Å²) >= 11 is 0. The topological polar surface area (TPSA) is 107 Å². The minimum atomic E-state index is -0.738. The minimum Gasteiger partial charge on any atom is -0.440 e. The Morgan fingerprint density at radius 1 is 1.05 bits per heavy atom. The van der Waals surface area contributed by atoms with E-state index in [9.17, 15) is 14.0 Å². The first-order valence-corrected chi connectivity index (χ1v) is 14.2. The lowest BCUT2D eigenvalue weighted by Crippen LogP contribution is -2.34. The quantitative estimate of drug-likeness (QED) is 0.142. The number of rotatable bonds is 11. The Labute approximate surface area is 251 Å². The standard InChI is InChI=1S/C33H39FN6O3/c1-21(2)15-29(35)33(42)43-22(3)40-20-28(24-12-13-36-30(34)18-24)27-17-25(19-37-32(27)40)23-9-7-10-26(16-23)39(6)31(41)11-8-14-38(4)5/h7-13,16-22,29H,14-15,35H2,1-6H3/b11-8+/t22?,29-/m0/s1. The van der Waals surface area contributed by atoms with E-state index < -0.39 is 24.2 Å². The maximum atomic E-state index is 14.2. The Bertz CT molecular complexity index is 1630. The van der Waals surface area contributed by atoms with Crippen LogP contribution in [0.4, 0.5) is 10.1 Å². The van der Waals surface area contributed by atoms with Crippen LogP contribution in [-0.2, 0) is 14.3 Å². The number of pyridine rings is 2. The SMILES string of the molecule is CC(C)C[C@H](N)C(=O)OC(C)n1cc(-c2ccnc(F)c2)c2cc(-c3cccc(N(C)C(=O)/C=C/CN(C)C)c3)cnc21. The molecule has 3 heterocycles. The van der Waals surface area contributed by atoms with Crippen molar-refractivity contribution in [1.29, 1.82) is 0 Å². The average Bonchev–Trinajstić information content (AvgIpc) is 3.35. The molecule has 0 radical (unpaired) electrons. The Balaban J connectivity index is 1.72. The number of anilines is 1. The largest absolute Gasteiger partial charge is 0.440 e. The number of esters is 1. The third-order valence-corrected chi connectivity index (χ3v) is 7.04. The zero-order valence-corrected chi connectivity index (χ0v) is 25.5. The van der Waals surface area contributed by atoms with E-state index in [-0.39, 0.29) is 11.8 Å². The first kappa shape index (κ1) is 31.5. The smallest absolute Gasteiger partial charge is 0.324 e. The van der Waals surface area contributed by atoms with E-state index in [4.69, 9.17) is 15.5 Å². The van der Waals surface area contributed by atoms with Crippen LogP contribution in [0.3, 0.4) is 0 Å². The lowest BCUT2D eigenvalue weighted by atomic mass is 10.0. The molecule has 10 heteroatoms. The molecule has 43 heavy (non-hydrogen) atoms. The fourth-order valence-electron chi connectivity index (χ4n) is 4.78. The minimum absolute atomic E-state index is 0.136. The molecule has 0 aliphatic rings. The Hall–Kier alpha value is -4.41. The van der Waals surface area contributed by atoms with Crippen LogP contribution in [0, 0.1) is 11.9 Å². The number of nitrogens with zero attached hydrogens (tertiary/aromatic N) is 5. The molecule has 0 aliphatic heterocycles. The van der Waals surface area contributed by atoms with Gasteiger partial charge in [-0.1, -0.05) is 32.1 Å². The molecule has 0 bridgehead atoms. The number of carbonyl (C=O) groups is 2. The van der Waals surface area contributed by atoms with Gasteiger partial charge in [-0.25, -0.2) is 9.97 Å². The molecule has 0 saturated carbocycles. The summed E-state index contributed by atoms with van der Waals surface area (Å²) in [5.41, 5.74) is 10.3. The van der Waals surface area contributed by atoms with Crippen molar-refractivity contribution in [3.63, 3.8) is 0 Å². The Morgan fingerprint density at radius 3 is 2.51 bits per heavy atom. The summed E-state index contributed by atoms with van der Waals surface area (Å²) in [6, 6.07) is 11.9. The van der Waals surface area contributed by atoms with Crippen molar-refractivity contribution in [2.24, 2.45) is 11.7 Å². The number of likely N-dealkylation sites (N-methyl/N-ethyl adjacent to an activating group) is 2. The molecule has 0 aliphatic carbocycles. The van der Waals surface area contributed by atoms with Gasteiger partial charge in [-0.3, -0.25) is 14.2 Å². The molecule has 3 aromatic heterocycles. The molecular weight excluding hydrogens is 547 g/mol. The number of halogens is 1. The summed E-state index contributed by atoms with van der Waals surface area (Å²) in [5.74, 6) is -0.998. The van der Waals surface area contributed by atoms with Crippen LogP contribution in [0.15, 0.2) is 73.2 Å². The van der Waals surface area contributed by atoms with Crippen molar-refractivity contribution >= 4 is 28.6 Å². The van der Waals surface area contributed by atoms with Gasteiger partial charge < -0.3 is 20.3 Å². The molecule has 0 saturated heterocycles. The number of hydrogen-bond acceptors (Lipinski definition) is 7. The van der Waals surface area contributed by atoms with Gasteiger partial charge in [0, 0.05) is 66.5 Å². The third-order valence-electron chi connectivity index (χ3n) is 7.04. The fraction of sp³-hybridized carbons (Fsp3) is 0.333. The maximum Gasteiger partial charge on any atom is 0.324 e. The van der Waals surface area contributed by atoms with Crippen LogP contribution in [0.1, 0.15) is 33.4 Å². The third kappa shape index (κ3) is 7.71. The summed E-state index contributed by atoms with van der Waals surface area (Å²) in [6.07, 6.45) is 8.11. The van der Waals surface area contributed by atoms with Crippen LogP contribution in [0.5, 0.6) is 0 Å². The van der Waals surface area contributed by atoms with Gasteiger partial charge in [0.25, 0.3) is 0 Å². The highest BCUT2D eigenvalue weighted by atomic mass is 19.1. The summed E-state index contributed by atoms with van der Waals surface area (Å²) in [6.45, 7) is 6.39. The monoisotopic (exact) mass is 586 g/mol. The molecule has 226 valence electrons. The van der Waals surface area contributed by atoms with Crippen molar-refractivity contribution in [2.45, 2.75) is 39.5 Å². The van der Waals surface area contributed by atoms with E-state index >= 15 is 0 Å². The molecule has 4 rings (SSSR count). The van der Waals surface area contributed by atoms with Crippen LogP contribution in [0.25, 0.3) is 33.3 Å². The van der Waals surface area contributed by atoms with Gasteiger partial charge in [0.1, 0.15) is 11.7 Å². The molecule has 0 fully saturated rings. The van der Waals surface area contributed by atoms with Gasteiger partial charge in [0.2, 0.25) is 11.9 Å². The van der Waals surface area contributed by atoms with Crippen molar-refractivity contribution in [3.8, 4) is 22.3 Å². The number of benzene rings is 1. The van der Waals surface area contributed by atoms with Crippen LogP contribution in [-0.4, -0.2) is 65.0 Å². The Kier molecular flexibility index (Phi) is 10.1. The number of hydrogen-bond donors (Lipinski definition) is 1. The number of nitrogens with two attached hydrogens (primary N) is 1. The molecule has 0 spiro atoms. The highest BCUT2D eigenvalue weighted by molar-refractivity contribution is 6.01. The first-order valence-electron chi connectivity index (χ1n) is 14.2. The summed E-state index contributed by atoms with van der Waals surface area (Å²) < 4.78 is 21.6. The molecular formula is C33H39FN6O3. The lowest BCUT2D eigenvalue weighted by Gasteiger charge is -2.19. The molecule has 4 aromatic rings. The number of ether oxygens (including phenoxy) is 1. The van der Waals surface area contributed by atoms with Gasteiger partial charge >= 0.3 is 5.97 Å². The molecule has 9 nitrogen and oxygen atoms in total. The van der Waals surface area contributed by atoms with Crippen LogP contribution < -0.4 is 10.6 Å². The second-order valence-corrected chi connectivity index (χ2v) is 11.3. The highest BCUT2D eigenvalue weighted by Gasteiger charge is 2.23. The fourth-order valence-corrected chi connectivity index (χ4v) is 4.78. The number of fused-ring (bicyclic) bond motifs is 1. The van der Waals surface area contributed by atoms with E-state index in [1.54, 1.807) is 48.0 Å². The maximum absolute atomic E-state index is 14.2. The number of amides is 1. The van der Waals surface area contributed by atoms with E-state index in [1.807, 2.05) is 69.3 Å². The average molecular weight is 587 g/mol. The van der Waals surface area contributed by atoms with E-state index in [0.717, 1.165) is 22.2 Å². The van der Waals surface area contributed by atoms with Crippen molar-refractivity contribution in [1.82, 2.24) is 19.4 Å².